The normalized spacial score (nSPS) is 10.4. The number of benzene rings is 3. The maximum Gasteiger partial charge on any atom is 0.343 e. The summed E-state index contributed by atoms with van der Waals surface area (Å²) in [5, 5.41) is 10.2. The van der Waals surface area contributed by atoms with Gasteiger partial charge in [-0.05, 0) is 43.3 Å². The van der Waals surface area contributed by atoms with Gasteiger partial charge in [0, 0.05) is 10.5 Å². The summed E-state index contributed by atoms with van der Waals surface area (Å²) in [5.74, 6) is 0.195. The Morgan fingerprint density at radius 1 is 0.917 bits per heavy atom. The van der Waals surface area contributed by atoms with E-state index in [0.717, 1.165) is 10.5 Å². The highest BCUT2D eigenvalue weighted by Crippen LogP contribution is 2.40. The van der Waals surface area contributed by atoms with Gasteiger partial charge < -0.3 is 9.84 Å². The van der Waals surface area contributed by atoms with Crippen molar-refractivity contribution in [2.24, 2.45) is 0 Å². The molecule has 3 aromatic carbocycles. The molecule has 0 radical (unpaired) electrons. The third-order valence-electron chi connectivity index (χ3n) is 3.51. The lowest BCUT2D eigenvalue weighted by Crippen LogP contribution is -2.09. The number of carbonyl (C=O) groups is 1. The van der Waals surface area contributed by atoms with Gasteiger partial charge in [-0.2, -0.15) is 0 Å². The Hall–Kier alpha value is -2.72. The summed E-state index contributed by atoms with van der Waals surface area (Å²) < 4.78 is 5.50. The smallest absolute Gasteiger partial charge is 0.343 e. The highest BCUT2D eigenvalue weighted by molar-refractivity contribution is 7.99. The first-order valence-corrected chi connectivity index (χ1v) is 8.29. The quantitative estimate of drug-likeness (QED) is 0.534. The van der Waals surface area contributed by atoms with Crippen LogP contribution >= 0.6 is 11.8 Å². The molecule has 24 heavy (non-hydrogen) atoms. The highest BCUT2D eigenvalue weighted by atomic mass is 32.2. The van der Waals surface area contributed by atoms with E-state index in [1.165, 1.54) is 11.8 Å². The Kier molecular flexibility index (Phi) is 4.87. The molecule has 0 saturated heterocycles. The lowest BCUT2D eigenvalue weighted by Gasteiger charge is -2.13. The summed E-state index contributed by atoms with van der Waals surface area (Å²) in [7, 11) is 0. The first-order chi connectivity index (χ1) is 11.6. The number of rotatable bonds is 4. The van der Waals surface area contributed by atoms with Gasteiger partial charge in [-0.3, -0.25) is 0 Å². The Balaban J connectivity index is 1.87. The first-order valence-electron chi connectivity index (χ1n) is 7.48. The van der Waals surface area contributed by atoms with E-state index in [-0.39, 0.29) is 5.75 Å². The summed E-state index contributed by atoms with van der Waals surface area (Å²) in [6, 6.07) is 21.7. The second-order valence-electron chi connectivity index (χ2n) is 5.21. The molecule has 4 heteroatoms. The number of ether oxygens (including phenoxy) is 1. The largest absolute Gasteiger partial charge is 0.507 e. The molecule has 3 nitrogen and oxygen atoms in total. The third kappa shape index (κ3) is 3.60. The summed E-state index contributed by atoms with van der Waals surface area (Å²) in [4.78, 5) is 13.9. The molecule has 3 rings (SSSR count). The molecule has 0 saturated carbocycles. The number of aromatic hydroxyl groups is 1. The number of phenols is 1. The standard InChI is InChI=1S/C20H16O3S/c1-14-18(23-20(22)15-8-4-2-5-9-15)13-12-17(21)19(14)24-16-10-6-3-7-11-16/h2-13,21H,1H3. The Bertz CT molecular complexity index is 846. The molecule has 0 aliphatic carbocycles. The molecule has 0 fully saturated rings. The fourth-order valence-corrected chi connectivity index (χ4v) is 3.19. The van der Waals surface area contributed by atoms with Crippen molar-refractivity contribution in [2.45, 2.75) is 16.7 Å². The summed E-state index contributed by atoms with van der Waals surface area (Å²) in [6.45, 7) is 1.83. The number of hydrogen-bond acceptors (Lipinski definition) is 4. The maximum atomic E-state index is 12.2. The van der Waals surface area contributed by atoms with Crippen LogP contribution in [0.3, 0.4) is 0 Å². The molecule has 0 spiro atoms. The zero-order valence-electron chi connectivity index (χ0n) is 13.1. The first kappa shape index (κ1) is 16.1. The molecule has 0 heterocycles. The van der Waals surface area contributed by atoms with Crippen LogP contribution in [0.1, 0.15) is 15.9 Å². The predicted molar refractivity (Wildman–Crippen MR) is 94.8 cm³/mol. The highest BCUT2D eigenvalue weighted by Gasteiger charge is 2.15. The molecule has 0 aliphatic heterocycles. The minimum atomic E-state index is -0.417. The van der Waals surface area contributed by atoms with E-state index in [1.807, 2.05) is 43.3 Å². The van der Waals surface area contributed by atoms with Crippen LogP contribution in [0.4, 0.5) is 0 Å². The Morgan fingerprint density at radius 3 is 2.21 bits per heavy atom. The molecule has 0 aromatic heterocycles. The fourth-order valence-electron chi connectivity index (χ4n) is 2.24. The van der Waals surface area contributed by atoms with E-state index < -0.39 is 5.97 Å². The van der Waals surface area contributed by atoms with Crippen LogP contribution in [0, 0.1) is 6.92 Å². The summed E-state index contributed by atoms with van der Waals surface area (Å²) >= 11 is 1.44. The van der Waals surface area contributed by atoms with Crippen molar-refractivity contribution < 1.29 is 14.6 Å². The van der Waals surface area contributed by atoms with Crippen LogP contribution in [0.2, 0.25) is 0 Å². The molecule has 0 unspecified atom stereocenters. The third-order valence-corrected chi connectivity index (χ3v) is 4.74. The molecular weight excluding hydrogens is 320 g/mol. The van der Waals surface area contributed by atoms with E-state index >= 15 is 0 Å². The molecule has 0 atom stereocenters. The molecule has 0 aliphatic rings. The van der Waals surface area contributed by atoms with Crippen LogP contribution in [-0.4, -0.2) is 11.1 Å². The Labute approximate surface area is 144 Å². The monoisotopic (exact) mass is 336 g/mol. The van der Waals surface area contributed by atoms with E-state index in [2.05, 4.69) is 0 Å². The van der Waals surface area contributed by atoms with E-state index in [9.17, 15) is 9.90 Å². The van der Waals surface area contributed by atoms with E-state index in [4.69, 9.17) is 4.74 Å². The molecular formula is C20H16O3S. The average Bonchev–Trinajstić information content (AvgIpc) is 2.62. The molecule has 0 amide bonds. The van der Waals surface area contributed by atoms with Crippen LogP contribution in [0.25, 0.3) is 0 Å². The van der Waals surface area contributed by atoms with Gasteiger partial charge in [0.05, 0.1) is 10.5 Å². The summed E-state index contributed by atoms with van der Waals surface area (Å²) in [5.41, 5.74) is 1.22. The zero-order chi connectivity index (χ0) is 16.9. The van der Waals surface area contributed by atoms with Gasteiger partial charge in [-0.1, -0.05) is 48.2 Å². The zero-order valence-corrected chi connectivity index (χ0v) is 13.9. The van der Waals surface area contributed by atoms with Gasteiger partial charge in [0.15, 0.2) is 0 Å². The van der Waals surface area contributed by atoms with Crippen molar-refractivity contribution in [3.63, 3.8) is 0 Å². The number of phenolic OH excluding ortho intramolecular Hbond substituents is 1. The average molecular weight is 336 g/mol. The Morgan fingerprint density at radius 2 is 1.54 bits per heavy atom. The van der Waals surface area contributed by atoms with Crippen molar-refractivity contribution >= 4 is 17.7 Å². The maximum absolute atomic E-state index is 12.2. The minimum absolute atomic E-state index is 0.167. The van der Waals surface area contributed by atoms with Crippen molar-refractivity contribution in [2.75, 3.05) is 0 Å². The number of hydrogen-bond donors (Lipinski definition) is 1. The molecule has 0 bridgehead atoms. The van der Waals surface area contributed by atoms with E-state index in [0.29, 0.717) is 16.2 Å². The van der Waals surface area contributed by atoms with Gasteiger partial charge in [-0.15, -0.1) is 0 Å². The van der Waals surface area contributed by atoms with Crippen LogP contribution in [0.5, 0.6) is 11.5 Å². The lowest BCUT2D eigenvalue weighted by atomic mass is 10.2. The minimum Gasteiger partial charge on any atom is -0.507 e. The van der Waals surface area contributed by atoms with Crippen LogP contribution in [-0.2, 0) is 0 Å². The fraction of sp³-hybridized carbons (Fsp3) is 0.0500. The lowest BCUT2D eigenvalue weighted by molar-refractivity contribution is 0.0733. The van der Waals surface area contributed by atoms with Gasteiger partial charge in [-0.25, -0.2) is 4.79 Å². The summed E-state index contributed by atoms with van der Waals surface area (Å²) in [6.07, 6.45) is 0. The van der Waals surface area contributed by atoms with Crippen molar-refractivity contribution in [3.8, 4) is 11.5 Å². The predicted octanol–water partition coefficient (Wildman–Crippen LogP) is 5.07. The van der Waals surface area contributed by atoms with Gasteiger partial charge >= 0.3 is 5.97 Å². The van der Waals surface area contributed by atoms with Gasteiger partial charge in [0.2, 0.25) is 0 Å². The van der Waals surface area contributed by atoms with Gasteiger partial charge in [0.1, 0.15) is 11.5 Å². The van der Waals surface area contributed by atoms with Crippen molar-refractivity contribution in [3.05, 3.63) is 83.9 Å². The topological polar surface area (TPSA) is 46.5 Å². The van der Waals surface area contributed by atoms with Crippen molar-refractivity contribution in [1.29, 1.82) is 0 Å². The van der Waals surface area contributed by atoms with Crippen LogP contribution < -0.4 is 4.74 Å². The number of carbonyl (C=O) groups excluding carboxylic acids is 1. The number of esters is 1. The molecule has 1 N–H and O–H groups in total. The van der Waals surface area contributed by atoms with E-state index in [1.54, 1.807) is 36.4 Å². The van der Waals surface area contributed by atoms with Crippen LogP contribution in [0.15, 0.2) is 82.6 Å². The van der Waals surface area contributed by atoms with Crippen molar-refractivity contribution in [1.82, 2.24) is 0 Å². The molecule has 120 valence electrons. The second kappa shape index (κ2) is 7.23. The molecule has 3 aromatic rings. The SMILES string of the molecule is Cc1c(OC(=O)c2ccccc2)ccc(O)c1Sc1ccccc1. The second-order valence-corrected chi connectivity index (χ2v) is 6.29. The van der Waals surface area contributed by atoms with Gasteiger partial charge in [0.25, 0.3) is 0 Å².